The number of rotatable bonds is 7. The fraction of sp³-hybridized carbons (Fsp3) is 0.0833. The maximum atomic E-state index is 13.4. The molecule has 1 atom stereocenters. The molecule has 0 aliphatic heterocycles. The van der Waals surface area contributed by atoms with Crippen molar-refractivity contribution in [3.05, 3.63) is 108 Å². The second-order valence-electron chi connectivity index (χ2n) is 6.96. The van der Waals surface area contributed by atoms with Gasteiger partial charge in [0.25, 0.3) is 0 Å². The van der Waals surface area contributed by atoms with Crippen LogP contribution < -0.4 is 5.73 Å². The van der Waals surface area contributed by atoms with Crippen LogP contribution in [0.25, 0.3) is 11.3 Å². The minimum atomic E-state index is -0.737. The molecule has 0 spiro atoms. The predicted octanol–water partition coefficient (Wildman–Crippen LogP) is 5.20. The molecule has 1 heterocycles. The summed E-state index contributed by atoms with van der Waals surface area (Å²) in [7, 11) is 0. The molecule has 4 rings (SSSR count). The zero-order chi connectivity index (χ0) is 21.8. The van der Waals surface area contributed by atoms with Crippen LogP contribution in [0.15, 0.2) is 90.2 Å². The van der Waals surface area contributed by atoms with Gasteiger partial charge in [0.15, 0.2) is 5.16 Å². The van der Waals surface area contributed by atoms with Gasteiger partial charge < -0.3 is 10.3 Å². The monoisotopic (exact) mass is 435 g/mol. The molecule has 4 aromatic rings. The number of carbonyl (C=O) groups excluding carboxylic acids is 1. The summed E-state index contributed by atoms with van der Waals surface area (Å²) in [5, 5.41) is -0.158. The first-order valence-corrected chi connectivity index (χ1v) is 10.5. The van der Waals surface area contributed by atoms with E-state index >= 15 is 0 Å². The van der Waals surface area contributed by atoms with E-state index in [0.717, 1.165) is 16.8 Å². The lowest BCUT2D eigenvalue weighted by Crippen LogP contribution is -2.19. The summed E-state index contributed by atoms with van der Waals surface area (Å²) in [4.78, 5) is 16.7. The molecule has 0 radical (unpaired) electrons. The second kappa shape index (κ2) is 9.14. The van der Waals surface area contributed by atoms with Crippen LogP contribution in [0, 0.1) is 11.6 Å². The van der Waals surface area contributed by atoms with E-state index in [0.29, 0.717) is 17.3 Å². The van der Waals surface area contributed by atoms with Crippen molar-refractivity contribution in [2.75, 3.05) is 0 Å². The van der Waals surface area contributed by atoms with Gasteiger partial charge in [-0.3, -0.25) is 4.79 Å². The first kappa shape index (κ1) is 20.8. The van der Waals surface area contributed by atoms with E-state index in [-0.39, 0.29) is 11.6 Å². The molecule has 156 valence electrons. The number of benzene rings is 3. The highest BCUT2D eigenvalue weighted by molar-refractivity contribution is 8.00. The zero-order valence-electron chi connectivity index (χ0n) is 16.4. The summed E-state index contributed by atoms with van der Waals surface area (Å²) in [6.45, 7) is 0.505. The average molecular weight is 435 g/mol. The third-order valence-electron chi connectivity index (χ3n) is 4.80. The lowest BCUT2D eigenvalue weighted by Gasteiger charge is -2.16. The van der Waals surface area contributed by atoms with Crippen molar-refractivity contribution in [2.45, 2.75) is 17.0 Å². The molecule has 0 bridgehead atoms. The maximum absolute atomic E-state index is 13.4. The minimum Gasteiger partial charge on any atom is -0.368 e. The van der Waals surface area contributed by atoms with E-state index in [1.54, 1.807) is 30.5 Å². The minimum absolute atomic E-state index is 0.322. The zero-order valence-corrected chi connectivity index (χ0v) is 17.2. The Kier molecular flexibility index (Phi) is 6.13. The summed E-state index contributed by atoms with van der Waals surface area (Å²) in [5.41, 5.74) is 8.88. The van der Waals surface area contributed by atoms with Gasteiger partial charge in [0.05, 0.1) is 18.4 Å². The number of carbonyl (C=O) groups is 1. The number of imidazole rings is 1. The summed E-state index contributed by atoms with van der Waals surface area (Å²) >= 11 is 1.20. The normalized spacial score (nSPS) is 11.9. The highest BCUT2D eigenvalue weighted by atomic mass is 32.2. The molecule has 2 N–H and O–H groups in total. The summed E-state index contributed by atoms with van der Waals surface area (Å²) in [5.74, 6) is -1.26. The number of amides is 1. The standard InChI is InChI=1S/C24H19F2N3OS/c25-19-10-6-17(7-11-19)21-14-28-24(29(21)15-16-4-2-1-3-5-16)31-22(23(27)30)18-8-12-20(26)13-9-18/h1-14,22H,15H2,(H2,27,30). The van der Waals surface area contributed by atoms with Gasteiger partial charge in [0.2, 0.25) is 5.91 Å². The van der Waals surface area contributed by atoms with E-state index in [1.807, 2.05) is 34.9 Å². The van der Waals surface area contributed by atoms with Gasteiger partial charge in [-0.2, -0.15) is 0 Å². The molecule has 1 amide bonds. The molecule has 0 saturated carbocycles. The number of thioether (sulfide) groups is 1. The van der Waals surface area contributed by atoms with E-state index in [4.69, 9.17) is 5.73 Å². The molecule has 3 aromatic carbocycles. The van der Waals surface area contributed by atoms with Crippen molar-refractivity contribution in [1.82, 2.24) is 9.55 Å². The van der Waals surface area contributed by atoms with Crippen molar-refractivity contribution >= 4 is 17.7 Å². The van der Waals surface area contributed by atoms with Gasteiger partial charge in [0, 0.05) is 0 Å². The lowest BCUT2D eigenvalue weighted by atomic mass is 10.1. The van der Waals surface area contributed by atoms with E-state index in [9.17, 15) is 13.6 Å². The van der Waals surface area contributed by atoms with Gasteiger partial charge in [-0.25, -0.2) is 13.8 Å². The van der Waals surface area contributed by atoms with Crippen molar-refractivity contribution in [3.63, 3.8) is 0 Å². The molecule has 31 heavy (non-hydrogen) atoms. The smallest absolute Gasteiger partial charge is 0.235 e. The lowest BCUT2D eigenvalue weighted by molar-refractivity contribution is -0.117. The maximum Gasteiger partial charge on any atom is 0.235 e. The Morgan fingerprint density at radius 3 is 2.16 bits per heavy atom. The summed E-state index contributed by atoms with van der Waals surface area (Å²) < 4.78 is 28.7. The Hall–Kier alpha value is -3.45. The van der Waals surface area contributed by atoms with Crippen molar-refractivity contribution in [2.24, 2.45) is 5.73 Å². The van der Waals surface area contributed by atoms with Gasteiger partial charge in [0.1, 0.15) is 16.9 Å². The number of hydrogen-bond donors (Lipinski definition) is 1. The van der Waals surface area contributed by atoms with Crippen LogP contribution in [0.1, 0.15) is 16.4 Å². The number of aromatic nitrogens is 2. The van der Waals surface area contributed by atoms with E-state index in [1.165, 1.54) is 36.0 Å². The van der Waals surface area contributed by atoms with Crippen molar-refractivity contribution in [3.8, 4) is 11.3 Å². The van der Waals surface area contributed by atoms with Crippen LogP contribution in [0.3, 0.4) is 0 Å². The largest absolute Gasteiger partial charge is 0.368 e. The van der Waals surface area contributed by atoms with Crippen LogP contribution >= 0.6 is 11.8 Å². The average Bonchev–Trinajstić information content (AvgIpc) is 3.16. The van der Waals surface area contributed by atoms with Gasteiger partial charge in [-0.1, -0.05) is 54.2 Å². The molecule has 4 nitrogen and oxygen atoms in total. The number of primary amides is 1. The van der Waals surface area contributed by atoms with Crippen LogP contribution in [0.4, 0.5) is 8.78 Å². The second-order valence-corrected chi connectivity index (χ2v) is 8.03. The number of halogens is 2. The van der Waals surface area contributed by atoms with Gasteiger partial charge >= 0.3 is 0 Å². The van der Waals surface area contributed by atoms with Crippen LogP contribution in [0.2, 0.25) is 0 Å². The highest BCUT2D eigenvalue weighted by Gasteiger charge is 2.23. The molecule has 0 fully saturated rings. The van der Waals surface area contributed by atoms with Gasteiger partial charge in [-0.15, -0.1) is 0 Å². The summed E-state index contributed by atoms with van der Waals surface area (Å²) in [6.07, 6.45) is 1.70. The number of hydrogen-bond acceptors (Lipinski definition) is 3. The third kappa shape index (κ3) is 4.83. The molecule has 7 heteroatoms. The molecule has 0 aliphatic carbocycles. The van der Waals surface area contributed by atoms with Crippen molar-refractivity contribution < 1.29 is 13.6 Å². The van der Waals surface area contributed by atoms with E-state index < -0.39 is 11.2 Å². The molecule has 1 unspecified atom stereocenters. The molecule has 0 aliphatic rings. The van der Waals surface area contributed by atoms with Crippen LogP contribution in [-0.4, -0.2) is 15.5 Å². The fourth-order valence-electron chi connectivity index (χ4n) is 3.26. The quantitative estimate of drug-likeness (QED) is 0.406. The molecular formula is C24H19F2N3OS. The molecule has 1 aromatic heterocycles. The number of nitrogens with two attached hydrogens (primary N) is 1. The Labute approximate surface area is 182 Å². The first-order valence-electron chi connectivity index (χ1n) is 9.58. The highest BCUT2D eigenvalue weighted by Crippen LogP contribution is 2.37. The topological polar surface area (TPSA) is 60.9 Å². The van der Waals surface area contributed by atoms with Crippen molar-refractivity contribution in [1.29, 1.82) is 0 Å². The molecule has 0 saturated heterocycles. The predicted molar refractivity (Wildman–Crippen MR) is 117 cm³/mol. The third-order valence-corrected chi connectivity index (χ3v) is 6.07. The van der Waals surface area contributed by atoms with Crippen LogP contribution in [0.5, 0.6) is 0 Å². The summed E-state index contributed by atoms with van der Waals surface area (Å²) in [6, 6.07) is 21.7. The Morgan fingerprint density at radius 1 is 0.935 bits per heavy atom. The molecular weight excluding hydrogens is 416 g/mol. The fourth-order valence-corrected chi connectivity index (χ4v) is 4.28. The Morgan fingerprint density at radius 2 is 1.55 bits per heavy atom. The number of nitrogens with zero attached hydrogens (tertiary/aromatic N) is 2. The van der Waals surface area contributed by atoms with Gasteiger partial charge in [-0.05, 0) is 53.1 Å². The Bertz CT molecular complexity index is 1180. The first-order chi connectivity index (χ1) is 15.0. The van der Waals surface area contributed by atoms with E-state index in [2.05, 4.69) is 4.98 Å². The SMILES string of the molecule is NC(=O)C(Sc1ncc(-c2ccc(F)cc2)n1Cc1ccccc1)c1ccc(F)cc1. The Balaban J connectivity index is 1.74. The van der Waals surface area contributed by atoms with Crippen LogP contribution in [-0.2, 0) is 11.3 Å².